The van der Waals surface area contributed by atoms with Crippen LogP contribution in [0.2, 0.25) is 0 Å². The minimum atomic E-state index is -0.0904. The number of hydrogen-bond acceptors (Lipinski definition) is 3. The summed E-state index contributed by atoms with van der Waals surface area (Å²) in [4.78, 5) is 17.4. The molecule has 0 radical (unpaired) electrons. The minimum absolute atomic E-state index is 0.00901. The maximum absolute atomic E-state index is 12.6. The summed E-state index contributed by atoms with van der Waals surface area (Å²) in [5.41, 5.74) is 13.8. The van der Waals surface area contributed by atoms with Gasteiger partial charge in [-0.15, -0.1) is 0 Å². The molecule has 0 bridgehead atoms. The summed E-state index contributed by atoms with van der Waals surface area (Å²) >= 11 is 0. The van der Waals surface area contributed by atoms with Crippen molar-refractivity contribution in [3.05, 3.63) is 167 Å². The Bertz CT molecular complexity index is 2320. The Morgan fingerprint density at radius 1 is 0.558 bits per heavy atom. The Balaban J connectivity index is 0.000000179. The number of hydrogen-bond donors (Lipinski definition) is 1. The molecule has 52 heavy (non-hydrogen) atoms. The fraction of sp³-hybridized carbons (Fsp3) is 0.208. The summed E-state index contributed by atoms with van der Waals surface area (Å²) < 4.78 is 6.25. The summed E-state index contributed by atoms with van der Waals surface area (Å²) in [5, 5.41) is 3.06. The van der Waals surface area contributed by atoms with E-state index in [1.807, 2.05) is 72.8 Å². The molecule has 0 saturated heterocycles. The van der Waals surface area contributed by atoms with E-state index in [1.165, 1.54) is 33.4 Å². The molecule has 1 aromatic heterocycles. The number of rotatable bonds is 5. The summed E-state index contributed by atoms with van der Waals surface area (Å²) in [6, 6.07) is 46.9. The summed E-state index contributed by atoms with van der Waals surface area (Å²) in [6.45, 7) is 17.5. The van der Waals surface area contributed by atoms with Crippen LogP contribution in [0, 0.1) is 13.8 Å². The molecule has 0 aliphatic heterocycles. The smallest absolute Gasteiger partial charge is 0.255 e. The Labute approximate surface area is 308 Å². The lowest BCUT2D eigenvalue weighted by Crippen LogP contribution is -2.15. The van der Waals surface area contributed by atoms with Gasteiger partial charge in [0, 0.05) is 22.4 Å². The lowest BCUT2D eigenvalue weighted by atomic mass is 9.84. The monoisotopic (exact) mass is 684 g/mol. The quantitative estimate of drug-likeness (QED) is 0.196. The molecule has 4 nitrogen and oxygen atoms in total. The van der Waals surface area contributed by atoms with Gasteiger partial charge in [-0.2, -0.15) is 0 Å². The molecule has 4 heteroatoms. The molecule has 0 fully saturated rings. The number of aromatic nitrogens is 1. The van der Waals surface area contributed by atoms with E-state index < -0.39 is 0 Å². The normalized spacial score (nSPS) is 11.5. The van der Waals surface area contributed by atoms with Gasteiger partial charge >= 0.3 is 0 Å². The molecule has 1 heterocycles. The molecule has 0 unspecified atom stereocenters. The number of oxazole rings is 1. The first kappa shape index (κ1) is 36.1. The average Bonchev–Trinajstić information content (AvgIpc) is 3.57. The SMILES string of the molecule is Cc1ccccc1-c1cc(C(C)(C)C)cc2nc(-c3ccccc3)oc12.Cc1ccccc1-c1cc(NC(=O)c2ccccc2)cc(C(C)(C)C)c1. The molecule has 0 spiro atoms. The van der Waals surface area contributed by atoms with Crippen LogP contribution >= 0.6 is 0 Å². The van der Waals surface area contributed by atoms with Crippen LogP contribution < -0.4 is 5.32 Å². The predicted octanol–water partition coefficient (Wildman–Crippen LogP) is 13.0. The zero-order valence-electron chi connectivity index (χ0n) is 31.5. The Hall–Kier alpha value is -5.74. The number of aryl methyl sites for hydroxylation is 2. The summed E-state index contributed by atoms with van der Waals surface area (Å²) in [5.74, 6) is 0.578. The topological polar surface area (TPSA) is 55.1 Å². The van der Waals surface area contributed by atoms with Gasteiger partial charge in [0.15, 0.2) is 5.58 Å². The van der Waals surface area contributed by atoms with Crippen molar-refractivity contribution in [2.24, 2.45) is 0 Å². The number of benzene rings is 6. The predicted molar refractivity (Wildman–Crippen MR) is 218 cm³/mol. The molecule has 0 aliphatic carbocycles. The van der Waals surface area contributed by atoms with Crippen molar-refractivity contribution < 1.29 is 9.21 Å². The number of nitrogens with zero attached hydrogens (tertiary/aromatic N) is 1. The first-order valence-corrected chi connectivity index (χ1v) is 17.9. The van der Waals surface area contributed by atoms with E-state index in [4.69, 9.17) is 9.40 Å². The zero-order chi connectivity index (χ0) is 37.0. The van der Waals surface area contributed by atoms with E-state index in [0.29, 0.717) is 11.5 Å². The Morgan fingerprint density at radius 2 is 1.10 bits per heavy atom. The molecule has 7 aromatic rings. The van der Waals surface area contributed by atoms with Gasteiger partial charge in [0.05, 0.1) is 0 Å². The molecule has 0 saturated carbocycles. The molecule has 262 valence electrons. The molecule has 0 atom stereocenters. The third-order valence-electron chi connectivity index (χ3n) is 9.36. The summed E-state index contributed by atoms with van der Waals surface area (Å²) in [6.07, 6.45) is 0. The molecular formula is C48H48N2O2. The average molecular weight is 685 g/mol. The third-order valence-corrected chi connectivity index (χ3v) is 9.36. The molecule has 1 N–H and O–H groups in total. The fourth-order valence-electron chi connectivity index (χ4n) is 6.22. The number of nitrogens with one attached hydrogen (secondary N) is 1. The van der Waals surface area contributed by atoms with E-state index in [-0.39, 0.29) is 16.7 Å². The maximum atomic E-state index is 12.6. The Kier molecular flexibility index (Phi) is 10.3. The number of fused-ring (bicyclic) bond motifs is 1. The van der Waals surface area contributed by atoms with Crippen LogP contribution in [-0.4, -0.2) is 10.9 Å². The second kappa shape index (κ2) is 14.9. The van der Waals surface area contributed by atoms with E-state index >= 15 is 0 Å². The van der Waals surface area contributed by atoms with Gasteiger partial charge < -0.3 is 9.73 Å². The first-order chi connectivity index (χ1) is 24.8. The van der Waals surface area contributed by atoms with Crippen molar-refractivity contribution in [1.29, 1.82) is 0 Å². The van der Waals surface area contributed by atoms with Crippen molar-refractivity contribution in [2.45, 2.75) is 66.2 Å². The Morgan fingerprint density at radius 3 is 1.69 bits per heavy atom. The zero-order valence-corrected chi connectivity index (χ0v) is 31.5. The van der Waals surface area contributed by atoms with E-state index in [1.54, 1.807) is 0 Å². The molecule has 0 aliphatic rings. The van der Waals surface area contributed by atoms with Crippen molar-refractivity contribution in [3.8, 4) is 33.7 Å². The van der Waals surface area contributed by atoms with E-state index in [2.05, 4.69) is 127 Å². The van der Waals surface area contributed by atoms with Crippen LogP contribution in [0.4, 0.5) is 5.69 Å². The minimum Gasteiger partial charge on any atom is -0.435 e. The number of carbonyl (C=O) groups excluding carboxylic acids is 1. The van der Waals surface area contributed by atoms with Crippen molar-refractivity contribution in [2.75, 3.05) is 5.32 Å². The standard InChI is InChI=1S/C24H23NO.C24H25NO/c1-16-10-8-9-13-19(16)20-14-18(24(2,3)4)15-21-22(20)26-23(25-21)17-11-6-5-7-12-17;1-17-10-8-9-13-22(17)19-14-20(24(2,3)4)16-21(15-19)25-23(26)18-11-6-5-7-12-18/h5-15H,1-4H3;5-16H,1-4H3,(H,25,26). The highest BCUT2D eigenvalue weighted by atomic mass is 16.3. The van der Waals surface area contributed by atoms with Crippen LogP contribution in [0.3, 0.4) is 0 Å². The fourth-order valence-corrected chi connectivity index (χ4v) is 6.22. The number of amides is 1. The van der Waals surface area contributed by atoms with Crippen LogP contribution in [0.5, 0.6) is 0 Å². The highest BCUT2D eigenvalue weighted by Crippen LogP contribution is 2.38. The van der Waals surface area contributed by atoms with Crippen LogP contribution in [0.25, 0.3) is 44.8 Å². The second-order valence-electron chi connectivity index (χ2n) is 15.5. The van der Waals surface area contributed by atoms with Crippen molar-refractivity contribution >= 4 is 22.7 Å². The highest BCUT2D eigenvalue weighted by molar-refractivity contribution is 6.04. The van der Waals surface area contributed by atoms with Gasteiger partial charge in [-0.1, -0.05) is 133 Å². The summed E-state index contributed by atoms with van der Waals surface area (Å²) in [7, 11) is 0. The third kappa shape index (κ3) is 8.24. The van der Waals surface area contributed by atoms with Gasteiger partial charge in [0.2, 0.25) is 5.89 Å². The highest BCUT2D eigenvalue weighted by Gasteiger charge is 2.21. The number of carbonyl (C=O) groups is 1. The van der Waals surface area contributed by atoms with Gasteiger partial charge in [-0.3, -0.25) is 4.79 Å². The maximum Gasteiger partial charge on any atom is 0.255 e. The van der Waals surface area contributed by atoms with Gasteiger partial charge in [-0.25, -0.2) is 4.98 Å². The van der Waals surface area contributed by atoms with Crippen LogP contribution in [-0.2, 0) is 10.8 Å². The molecule has 1 amide bonds. The van der Waals surface area contributed by atoms with Gasteiger partial charge in [0.1, 0.15) is 5.52 Å². The van der Waals surface area contributed by atoms with Gasteiger partial charge in [-0.05, 0) is 112 Å². The van der Waals surface area contributed by atoms with Gasteiger partial charge in [0.25, 0.3) is 5.91 Å². The first-order valence-electron chi connectivity index (χ1n) is 17.9. The number of anilines is 1. The largest absolute Gasteiger partial charge is 0.435 e. The lowest BCUT2D eigenvalue weighted by molar-refractivity contribution is 0.102. The lowest BCUT2D eigenvalue weighted by Gasteiger charge is -2.22. The van der Waals surface area contributed by atoms with Crippen LogP contribution in [0.15, 0.2) is 144 Å². The second-order valence-corrected chi connectivity index (χ2v) is 15.5. The van der Waals surface area contributed by atoms with Crippen LogP contribution in [0.1, 0.15) is 74.2 Å². The molecular weight excluding hydrogens is 637 g/mol. The van der Waals surface area contributed by atoms with Crippen molar-refractivity contribution in [1.82, 2.24) is 4.98 Å². The van der Waals surface area contributed by atoms with Crippen molar-refractivity contribution in [3.63, 3.8) is 0 Å². The molecule has 7 rings (SSSR count). The van der Waals surface area contributed by atoms with E-state index in [9.17, 15) is 4.79 Å². The molecule has 6 aromatic carbocycles. The van der Waals surface area contributed by atoms with E-state index in [0.717, 1.165) is 33.5 Å².